The van der Waals surface area contributed by atoms with E-state index in [4.69, 9.17) is 0 Å². The third-order valence-electron chi connectivity index (χ3n) is 3.20. The highest BCUT2D eigenvalue weighted by Crippen LogP contribution is 2.29. The minimum atomic E-state index is 1.10. The van der Waals surface area contributed by atoms with Crippen LogP contribution in [0, 0.1) is 0 Å². The van der Waals surface area contributed by atoms with E-state index in [1.165, 1.54) is 35.2 Å². The summed E-state index contributed by atoms with van der Waals surface area (Å²) in [5, 5.41) is 3.44. The maximum atomic E-state index is 3.52. The molecule has 86 valence electrons. The van der Waals surface area contributed by atoms with Crippen LogP contribution in [-0.4, -0.2) is 6.54 Å². The third-order valence-corrected chi connectivity index (χ3v) is 3.69. The van der Waals surface area contributed by atoms with Gasteiger partial charge in [-0.1, -0.05) is 34.1 Å². The van der Waals surface area contributed by atoms with Crippen LogP contribution >= 0.6 is 15.9 Å². The molecule has 0 unspecified atom stereocenters. The topological polar surface area (TPSA) is 12.0 Å². The van der Waals surface area contributed by atoms with Gasteiger partial charge in [0.25, 0.3) is 0 Å². The van der Waals surface area contributed by atoms with Gasteiger partial charge in [0, 0.05) is 16.7 Å². The molecule has 0 saturated carbocycles. The number of nitrogens with one attached hydrogen (secondary N) is 1. The Bertz CT molecular complexity index is 548. The average molecular weight is 288 g/mol. The van der Waals surface area contributed by atoms with E-state index >= 15 is 0 Å². The molecule has 1 aliphatic rings. The van der Waals surface area contributed by atoms with E-state index < -0.39 is 0 Å². The lowest BCUT2D eigenvalue weighted by Crippen LogP contribution is -2.11. The van der Waals surface area contributed by atoms with Gasteiger partial charge in [0.1, 0.15) is 0 Å². The van der Waals surface area contributed by atoms with Crippen molar-refractivity contribution in [3.8, 4) is 11.1 Å². The number of rotatable bonds is 1. The largest absolute Gasteiger partial charge is 0.385 e. The summed E-state index contributed by atoms with van der Waals surface area (Å²) in [7, 11) is 0. The van der Waals surface area contributed by atoms with E-state index in [2.05, 4.69) is 63.7 Å². The lowest BCUT2D eigenvalue weighted by Gasteiger charge is -2.18. The van der Waals surface area contributed by atoms with Crippen LogP contribution in [-0.2, 0) is 6.42 Å². The van der Waals surface area contributed by atoms with E-state index in [1.807, 2.05) is 0 Å². The Morgan fingerprint density at radius 3 is 2.76 bits per heavy atom. The molecule has 0 bridgehead atoms. The molecule has 2 aromatic carbocycles. The zero-order valence-corrected chi connectivity index (χ0v) is 11.1. The Morgan fingerprint density at radius 1 is 1.00 bits per heavy atom. The van der Waals surface area contributed by atoms with Gasteiger partial charge < -0.3 is 5.32 Å². The first-order valence-electron chi connectivity index (χ1n) is 5.96. The standard InChI is InChI=1S/C15H14BrN/c16-14-5-1-3-11(10-14)12-6-7-15-13(9-12)4-2-8-17-15/h1,3,5-7,9-10,17H,2,4,8H2. The Hall–Kier alpha value is -1.28. The first kappa shape index (κ1) is 10.8. The number of benzene rings is 2. The molecule has 1 N–H and O–H groups in total. The summed E-state index contributed by atoms with van der Waals surface area (Å²) in [6.45, 7) is 1.10. The molecule has 3 rings (SSSR count). The van der Waals surface area contributed by atoms with Gasteiger partial charge in [0.05, 0.1) is 0 Å². The molecule has 2 heteroatoms. The Kier molecular flexibility index (Phi) is 2.89. The molecule has 2 aromatic rings. The maximum Gasteiger partial charge on any atom is 0.0373 e. The molecule has 1 aliphatic heterocycles. The summed E-state index contributed by atoms with van der Waals surface area (Å²) >= 11 is 3.52. The normalized spacial score (nSPS) is 13.9. The van der Waals surface area contributed by atoms with Crippen molar-refractivity contribution >= 4 is 21.6 Å². The van der Waals surface area contributed by atoms with Gasteiger partial charge in [-0.3, -0.25) is 0 Å². The van der Waals surface area contributed by atoms with Crippen LogP contribution in [0.5, 0.6) is 0 Å². The number of hydrogen-bond donors (Lipinski definition) is 1. The number of hydrogen-bond acceptors (Lipinski definition) is 1. The Morgan fingerprint density at radius 2 is 1.88 bits per heavy atom. The molecule has 0 saturated heterocycles. The predicted molar refractivity (Wildman–Crippen MR) is 76.4 cm³/mol. The van der Waals surface area contributed by atoms with Crippen LogP contribution in [0.1, 0.15) is 12.0 Å². The van der Waals surface area contributed by atoms with E-state index in [0.29, 0.717) is 0 Å². The van der Waals surface area contributed by atoms with Crippen LogP contribution in [0.2, 0.25) is 0 Å². The van der Waals surface area contributed by atoms with Crippen LogP contribution in [0.3, 0.4) is 0 Å². The second-order valence-corrected chi connectivity index (χ2v) is 5.33. The van der Waals surface area contributed by atoms with Crippen molar-refractivity contribution in [1.82, 2.24) is 0 Å². The van der Waals surface area contributed by atoms with Crippen molar-refractivity contribution in [2.45, 2.75) is 12.8 Å². The van der Waals surface area contributed by atoms with Gasteiger partial charge in [-0.05, 0) is 53.8 Å². The maximum absolute atomic E-state index is 3.52. The fourth-order valence-corrected chi connectivity index (χ4v) is 2.72. The molecule has 0 spiro atoms. The number of anilines is 1. The quantitative estimate of drug-likeness (QED) is 0.816. The van der Waals surface area contributed by atoms with Crippen LogP contribution in [0.15, 0.2) is 46.9 Å². The second-order valence-electron chi connectivity index (χ2n) is 4.41. The molecule has 0 amide bonds. The summed E-state index contributed by atoms with van der Waals surface area (Å²) in [5.74, 6) is 0. The first-order valence-corrected chi connectivity index (χ1v) is 6.75. The van der Waals surface area contributed by atoms with E-state index in [1.54, 1.807) is 0 Å². The molecule has 1 nitrogen and oxygen atoms in total. The van der Waals surface area contributed by atoms with Crippen molar-refractivity contribution in [3.05, 3.63) is 52.5 Å². The summed E-state index contributed by atoms with van der Waals surface area (Å²) in [6, 6.07) is 15.2. The first-order chi connectivity index (χ1) is 8.33. The van der Waals surface area contributed by atoms with Gasteiger partial charge in [0.2, 0.25) is 0 Å². The van der Waals surface area contributed by atoms with E-state index in [9.17, 15) is 0 Å². The molecule has 0 atom stereocenters. The third kappa shape index (κ3) is 2.22. The smallest absolute Gasteiger partial charge is 0.0373 e. The van der Waals surface area contributed by atoms with Gasteiger partial charge in [-0.15, -0.1) is 0 Å². The van der Waals surface area contributed by atoms with Crippen LogP contribution < -0.4 is 5.32 Å². The summed E-state index contributed by atoms with van der Waals surface area (Å²) < 4.78 is 1.13. The molecule has 0 aliphatic carbocycles. The Labute approximate surface area is 110 Å². The molecule has 0 fully saturated rings. The monoisotopic (exact) mass is 287 g/mol. The number of fused-ring (bicyclic) bond motifs is 1. The van der Waals surface area contributed by atoms with E-state index in [-0.39, 0.29) is 0 Å². The van der Waals surface area contributed by atoms with Gasteiger partial charge in [-0.25, -0.2) is 0 Å². The van der Waals surface area contributed by atoms with Gasteiger partial charge in [0.15, 0.2) is 0 Å². The van der Waals surface area contributed by atoms with Gasteiger partial charge in [-0.2, -0.15) is 0 Å². The minimum Gasteiger partial charge on any atom is -0.385 e. The highest BCUT2D eigenvalue weighted by molar-refractivity contribution is 9.10. The fourth-order valence-electron chi connectivity index (χ4n) is 2.32. The van der Waals surface area contributed by atoms with Crippen molar-refractivity contribution in [2.24, 2.45) is 0 Å². The predicted octanol–water partition coefficient (Wildman–Crippen LogP) is 4.47. The number of halogens is 1. The Balaban J connectivity index is 2.04. The lowest BCUT2D eigenvalue weighted by atomic mass is 9.97. The second kappa shape index (κ2) is 4.53. The summed E-state index contributed by atoms with van der Waals surface area (Å²) in [5.41, 5.74) is 5.31. The van der Waals surface area contributed by atoms with Gasteiger partial charge >= 0.3 is 0 Å². The van der Waals surface area contributed by atoms with Crippen LogP contribution in [0.4, 0.5) is 5.69 Å². The fraction of sp³-hybridized carbons (Fsp3) is 0.200. The average Bonchev–Trinajstić information content (AvgIpc) is 2.38. The van der Waals surface area contributed by atoms with E-state index in [0.717, 1.165) is 11.0 Å². The molecule has 17 heavy (non-hydrogen) atoms. The molecule has 0 radical (unpaired) electrons. The van der Waals surface area contributed by atoms with Crippen molar-refractivity contribution < 1.29 is 0 Å². The zero-order valence-electron chi connectivity index (χ0n) is 9.54. The lowest BCUT2D eigenvalue weighted by molar-refractivity contribution is 0.830. The molecular weight excluding hydrogens is 274 g/mol. The molecule has 1 heterocycles. The minimum absolute atomic E-state index is 1.10. The summed E-state index contributed by atoms with van der Waals surface area (Å²) in [6.07, 6.45) is 2.42. The molecular formula is C15H14BrN. The SMILES string of the molecule is Brc1cccc(-c2ccc3c(c2)CCCN3)c1. The van der Waals surface area contributed by atoms with Crippen LogP contribution in [0.25, 0.3) is 11.1 Å². The van der Waals surface area contributed by atoms with Crippen molar-refractivity contribution in [1.29, 1.82) is 0 Å². The highest BCUT2D eigenvalue weighted by Gasteiger charge is 2.09. The van der Waals surface area contributed by atoms with Crippen molar-refractivity contribution in [2.75, 3.05) is 11.9 Å². The van der Waals surface area contributed by atoms with Crippen molar-refractivity contribution in [3.63, 3.8) is 0 Å². The molecule has 0 aromatic heterocycles. The number of aryl methyl sites for hydroxylation is 1. The summed E-state index contributed by atoms with van der Waals surface area (Å²) in [4.78, 5) is 0. The highest BCUT2D eigenvalue weighted by atomic mass is 79.9. The zero-order chi connectivity index (χ0) is 11.7.